The van der Waals surface area contributed by atoms with Crippen LogP contribution in [0.5, 0.6) is 0 Å². The van der Waals surface area contributed by atoms with Gasteiger partial charge in [0.05, 0.1) is 0 Å². The van der Waals surface area contributed by atoms with Gasteiger partial charge in [-0.15, -0.1) is 11.8 Å². The zero-order chi connectivity index (χ0) is 20.5. The van der Waals surface area contributed by atoms with E-state index < -0.39 is 0 Å². The van der Waals surface area contributed by atoms with Gasteiger partial charge >= 0.3 is 0 Å². The number of amides is 2. The van der Waals surface area contributed by atoms with E-state index in [1.165, 1.54) is 5.56 Å². The van der Waals surface area contributed by atoms with Gasteiger partial charge in [-0.05, 0) is 60.2 Å². The SMILES string of the molecule is O=C(CCNC(=O)c1ccc(Br)cc1)Nc1ccc(SCc2cccnc2)cc1. The fourth-order valence-corrected chi connectivity index (χ4v) is 3.60. The van der Waals surface area contributed by atoms with Crippen molar-refractivity contribution >= 4 is 45.2 Å². The van der Waals surface area contributed by atoms with E-state index in [1.54, 1.807) is 42.2 Å². The predicted octanol–water partition coefficient (Wildman–Crippen LogP) is 4.90. The van der Waals surface area contributed by atoms with Gasteiger partial charge in [0.2, 0.25) is 5.91 Å². The summed E-state index contributed by atoms with van der Waals surface area (Å²) in [5.41, 5.74) is 2.47. The summed E-state index contributed by atoms with van der Waals surface area (Å²) in [5.74, 6) is 0.509. The lowest BCUT2D eigenvalue weighted by Crippen LogP contribution is -2.27. The molecule has 3 rings (SSSR count). The zero-order valence-electron chi connectivity index (χ0n) is 15.6. The summed E-state index contributed by atoms with van der Waals surface area (Å²) in [5, 5.41) is 5.60. The Hall–Kier alpha value is -2.64. The molecule has 0 saturated heterocycles. The third kappa shape index (κ3) is 7.03. The molecule has 1 heterocycles. The van der Waals surface area contributed by atoms with Crippen LogP contribution in [0, 0.1) is 0 Å². The lowest BCUT2D eigenvalue weighted by Gasteiger charge is -2.08. The summed E-state index contributed by atoms with van der Waals surface area (Å²) in [6, 6.07) is 18.8. The van der Waals surface area contributed by atoms with Gasteiger partial charge in [-0.3, -0.25) is 14.6 Å². The molecule has 148 valence electrons. The Kier molecular flexibility index (Phi) is 7.84. The van der Waals surface area contributed by atoms with Crippen LogP contribution in [0.25, 0.3) is 0 Å². The van der Waals surface area contributed by atoms with Crippen LogP contribution in [-0.2, 0) is 10.5 Å². The summed E-state index contributed by atoms with van der Waals surface area (Å²) in [6.45, 7) is 0.278. The minimum absolute atomic E-state index is 0.142. The molecular weight excluding hydrogens is 450 g/mol. The first kappa shape index (κ1) is 21.1. The van der Waals surface area contributed by atoms with E-state index in [9.17, 15) is 9.59 Å². The topological polar surface area (TPSA) is 71.1 Å². The maximum Gasteiger partial charge on any atom is 0.251 e. The number of pyridine rings is 1. The second-order valence-electron chi connectivity index (χ2n) is 6.24. The Morgan fingerprint density at radius 1 is 1.00 bits per heavy atom. The number of benzene rings is 2. The second kappa shape index (κ2) is 10.8. The fourth-order valence-electron chi connectivity index (χ4n) is 2.50. The molecular formula is C22H20BrN3O2S. The molecule has 0 atom stereocenters. The van der Waals surface area contributed by atoms with Crippen molar-refractivity contribution in [3.05, 3.63) is 88.7 Å². The molecule has 29 heavy (non-hydrogen) atoms. The molecule has 0 bridgehead atoms. The minimum Gasteiger partial charge on any atom is -0.352 e. The van der Waals surface area contributed by atoms with E-state index >= 15 is 0 Å². The van der Waals surface area contributed by atoms with Crippen molar-refractivity contribution in [1.29, 1.82) is 0 Å². The molecule has 2 aromatic carbocycles. The molecule has 2 amide bonds. The molecule has 0 spiro atoms. The first-order valence-electron chi connectivity index (χ1n) is 9.05. The number of hydrogen-bond acceptors (Lipinski definition) is 4. The van der Waals surface area contributed by atoms with Crippen LogP contribution >= 0.6 is 27.7 Å². The van der Waals surface area contributed by atoms with Crippen LogP contribution in [0.1, 0.15) is 22.3 Å². The normalized spacial score (nSPS) is 10.4. The highest BCUT2D eigenvalue weighted by Crippen LogP contribution is 2.24. The second-order valence-corrected chi connectivity index (χ2v) is 8.20. The Bertz CT molecular complexity index is 948. The van der Waals surface area contributed by atoms with Gasteiger partial charge in [0.25, 0.3) is 5.91 Å². The molecule has 0 fully saturated rings. The zero-order valence-corrected chi connectivity index (χ0v) is 18.0. The average molecular weight is 470 g/mol. The molecule has 5 nitrogen and oxygen atoms in total. The van der Waals surface area contributed by atoms with E-state index in [2.05, 4.69) is 31.5 Å². The van der Waals surface area contributed by atoms with E-state index in [0.717, 1.165) is 20.8 Å². The van der Waals surface area contributed by atoms with Crippen molar-refractivity contribution in [2.24, 2.45) is 0 Å². The number of thioether (sulfide) groups is 1. The number of rotatable bonds is 8. The molecule has 7 heteroatoms. The lowest BCUT2D eigenvalue weighted by molar-refractivity contribution is -0.116. The quantitative estimate of drug-likeness (QED) is 0.460. The van der Waals surface area contributed by atoms with Crippen LogP contribution < -0.4 is 10.6 Å². The van der Waals surface area contributed by atoms with Crippen LogP contribution in [0.2, 0.25) is 0 Å². The van der Waals surface area contributed by atoms with Crippen LogP contribution in [0.3, 0.4) is 0 Å². The van der Waals surface area contributed by atoms with Crippen molar-refractivity contribution in [2.75, 3.05) is 11.9 Å². The third-order valence-electron chi connectivity index (χ3n) is 4.01. The molecule has 0 aliphatic rings. The highest BCUT2D eigenvalue weighted by atomic mass is 79.9. The van der Waals surface area contributed by atoms with Crippen molar-refractivity contribution in [2.45, 2.75) is 17.1 Å². The molecule has 0 radical (unpaired) electrons. The number of halogens is 1. The van der Waals surface area contributed by atoms with Gasteiger partial charge in [-0.1, -0.05) is 22.0 Å². The molecule has 0 aliphatic carbocycles. The summed E-state index contributed by atoms with van der Waals surface area (Å²) in [6.07, 6.45) is 3.83. The molecule has 0 unspecified atom stereocenters. The van der Waals surface area contributed by atoms with Gasteiger partial charge in [0, 0.05) is 51.7 Å². The standard InChI is InChI=1S/C22H20BrN3O2S/c23-18-5-3-17(4-6-18)22(28)25-13-11-21(27)26-19-7-9-20(10-8-19)29-15-16-2-1-12-24-14-16/h1-10,12,14H,11,13,15H2,(H,25,28)(H,26,27). The molecule has 0 aliphatic heterocycles. The first-order chi connectivity index (χ1) is 14.1. The molecule has 0 saturated carbocycles. The third-order valence-corrected chi connectivity index (χ3v) is 5.62. The van der Waals surface area contributed by atoms with Gasteiger partial charge in [0.15, 0.2) is 0 Å². The maximum absolute atomic E-state index is 12.1. The highest BCUT2D eigenvalue weighted by Gasteiger charge is 2.07. The Balaban J connectivity index is 1.39. The number of hydrogen-bond donors (Lipinski definition) is 2. The number of anilines is 1. The average Bonchev–Trinajstić information content (AvgIpc) is 2.74. The Morgan fingerprint density at radius 3 is 2.45 bits per heavy atom. The number of aromatic nitrogens is 1. The lowest BCUT2D eigenvalue weighted by atomic mass is 10.2. The van der Waals surface area contributed by atoms with Gasteiger partial charge < -0.3 is 10.6 Å². The van der Waals surface area contributed by atoms with E-state index in [-0.39, 0.29) is 24.8 Å². The summed E-state index contributed by atoms with van der Waals surface area (Å²) in [4.78, 5) is 29.4. The maximum atomic E-state index is 12.1. The Labute approximate surface area is 182 Å². The number of carbonyl (C=O) groups is 2. The highest BCUT2D eigenvalue weighted by molar-refractivity contribution is 9.10. The summed E-state index contributed by atoms with van der Waals surface area (Å²) < 4.78 is 0.912. The van der Waals surface area contributed by atoms with Gasteiger partial charge in [0.1, 0.15) is 0 Å². The predicted molar refractivity (Wildman–Crippen MR) is 120 cm³/mol. The Morgan fingerprint density at radius 2 is 1.76 bits per heavy atom. The summed E-state index contributed by atoms with van der Waals surface area (Å²) >= 11 is 5.05. The van der Waals surface area contributed by atoms with Gasteiger partial charge in [-0.25, -0.2) is 0 Å². The molecule has 3 aromatic rings. The number of carbonyl (C=O) groups excluding carboxylic acids is 2. The molecule has 2 N–H and O–H groups in total. The van der Waals surface area contributed by atoms with E-state index in [1.807, 2.05) is 42.6 Å². The van der Waals surface area contributed by atoms with Crippen LogP contribution in [-0.4, -0.2) is 23.3 Å². The van der Waals surface area contributed by atoms with E-state index in [0.29, 0.717) is 5.56 Å². The molecule has 1 aromatic heterocycles. The largest absolute Gasteiger partial charge is 0.352 e. The van der Waals surface area contributed by atoms with Crippen LogP contribution in [0.15, 0.2) is 82.4 Å². The van der Waals surface area contributed by atoms with Crippen molar-refractivity contribution in [1.82, 2.24) is 10.3 Å². The van der Waals surface area contributed by atoms with Crippen molar-refractivity contribution in [3.8, 4) is 0 Å². The fraction of sp³-hybridized carbons (Fsp3) is 0.136. The minimum atomic E-state index is -0.194. The van der Waals surface area contributed by atoms with Gasteiger partial charge in [-0.2, -0.15) is 0 Å². The van der Waals surface area contributed by atoms with Crippen molar-refractivity contribution in [3.63, 3.8) is 0 Å². The van der Waals surface area contributed by atoms with E-state index in [4.69, 9.17) is 0 Å². The van der Waals surface area contributed by atoms with Crippen LogP contribution in [0.4, 0.5) is 5.69 Å². The first-order valence-corrected chi connectivity index (χ1v) is 10.8. The number of nitrogens with one attached hydrogen (secondary N) is 2. The summed E-state index contributed by atoms with van der Waals surface area (Å²) in [7, 11) is 0. The van der Waals surface area contributed by atoms with Crippen molar-refractivity contribution < 1.29 is 9.59 Å². The smallest absolute Gasteiger partial charge is 0.251 e. The number of nitrogens with zero attached hydrogens (tertiary/aromatic N) is 1. The monoisotopic (exact) mass is 469 g/mol.